The van der Waals surface area contributed by atoms with Gasteiger partial charge in [0, 0.05) is 6.42 Å². The summed E-state index contributed by atoms with van der Waals surface area (Å²) in [5.41, 5.74) is 0.767. The molecule has 1 unspecified atom stereocenters. The molecule has 1 aliphatic carbocycles. The van der Waals surface area contributed by atoms with E-state index in [1.54, 1.807) is 0 Å². The van der Waals surface area contributed by atoms with Gasteiger partial charge in [0.25, 0.3) is 0 Å². The van der Waals surface area contributed by atoms with E-state index in [1.807, 2.05) is 60.7 Å². The van der Waals surface area contributed by atoms with Crippen LogP contribution in [0.25, 0.3) is 0 Å². The van der Waals surface area contributed by atoms with E-state index >= 15 is 0 Å². The van der Waals surface area contributed by atoms with E-state index in [2.05, 4.69) is 12.2 Å². The molecule has 0 aliphatic heterocycles. The molecule has 35 heavy (non-hydrogen) atoms. The fourth-order valence-corrected chi connectivity index (χ4v) is 4.23. The first kappa shape index (κ1) is 26.4. The summed E-state index contributed by atoms with van der Waals surface area (Å²) < 4.78 is 10.8. The highest BCUT2D eigenvalue weighted by Gasteiger charge is 2.42. The van der Waals surface area contributed by atoms with Crippen molar-refractivity contribution < 1.29 is 29.0 Å². The molecule has 7 heteroatoms. The lowest BCUT2D eigenvalue weighted by Crippen LogP contribution is -2.51. The summed E-state index contributed by atoms with van der Waals surface area (Å²) in [7, 11) is 0. The summed E-state index contributed by atoms with van der Waals surface area (Å²) >= 11 is 0. The summed E-state index contributed by atoms with van der Waals surface area (Å²) in [5, 5.41) is 12.8. The molecule has 2 aromatic carbocycles. The number of hydrogen-bond acceptors (Lipinski definition) is 6. The molecule has 0 aromatic heterocycles. The Morgan fingerprint density at radius 2 is 1.49 bits per heavy atom. The Labute approximate surface area is 206 Å². The number of esters is 2. The molecule has 0 spiro atoms. The van der Waals surface area contributed by atoms with E-state index in [4.69, 9.17) is 9.47 Å². The third-order valence-electron chi connectivity index (χ3n) is 6.71. The molecule has 0 saturated heterocycles. The second kappa shape index (κ2) is 13.0. The highest BCUT2D eigenvalue weighted by molar-refractivity contribution is 5.88. The minimum Gasteiger partial charge on any atom is -0.461 e. The Morgan fingerprint density at radius 3 is 2.03 bits per heavy atom. The number of aliphatic hydroxyl groups excluding tert-OH is 1. The molecular formula is C28H35NO6. The second-order valence-corrected chi connectivity index (χ2v) is 9.43. The van der Waals surface area contributed by atoms with Gasteiger partial charge in [-0.25, -0.2) is 4.79 Å². The number of carbonyl (C=O) groups excluding carboxylic acids is 3. The number of benzene rings is 2. The quantitative estimate of drug-likeness (QED) is 0.472. The van der Waals surface area contributed by atoms with Crippen LogP contribution in [0.15, 0.2) is 60.7 Å². The van der Waals surface area contributed by atoms with Gasteiger partial charge in [-0.15, -0.1) is 0 Å². The molecule has 1 atom stereocenters. The minimum atomic E-state index is -1.02. The van der Waals surface area contributed by atoms with Crippen molar-refractivity contribution in [1.29, 1.82) is 0 Å². The van der Waals surface area contributed by atoms with Crippen molar-refractivity contribution in [3.63, 3.8) is 0 Å². The van der Waals surface area contributed by atoms with Gasteiger partial charge in [-0.2, -0.15) is 0 Å². The highest BCUT2D eigenvalue weighted by Crippen LogP contribution is 2.39. The van der Waals surface area contributed by atoms with E-state index in [1.165, 1.54) is 0 Å². The van der Waals surface area contributed by atoms with Gasteiger partial charge in [-0.05, 0) is 49.1 Å². The molecule has 1 amide bonds. The zero-order valence-corrected chi connectivity index (χ0v) is 20.3. The van der Waals surface area contributed by atoms with Crippen molar-refractivity contribution in [2.75, 3.05) is 6.61 Å². The van der Waals surface area contributed by atoms with Crippen LogP contribution in [0.2, 0.25) is 0 Å². The Kier molecular flexibility index (Phi) is 9.85. The van der Waals surface area contributed by atoms with Crippen molar-refractivity contribution >= 4 is 17.8 Å². The number of rotatable bonds is 11. The number of nitrogens with one attached hydrogen (secondary N) is 1. The number of hydrogen-bond donors (Lipinski definition) is 2. The molecule has 0 heterocycles. The van der Waals surface area contributed by atoms with Gasteiger partial charge in [0.2, 0.25) is 5.91 Å². The molecule has 188 valence electrons. The van der Waals surface area contributed by atoms with Gasteiger partial charge in [0.15, 0.2) is 0 Å². The number of amides is 1. The molecule has 1 aliphatic rings. The van der Waals surface area contributed by atoms with Crippen LogP contribution in [0.4, 0.5) is 0 Å². The van der Waals surface area contributed by atoms with Gasteiger partial charge < -0.3 is 19.9 Å². The van der Waals surface area contributed by atoms with E-state index < -0.39 is 23.4 Å². The molecule has 2 aromatic rings. The summed E-state index contributed by atoms with van der Waals surface area (Å²) in [6.45, 7) is 2.05. The highest BCUT2D eigenvalue weighted by atomic mass is 16.5. The maximum absolute atomic E-state index is 13.2. The minimum absolute atomic E-state index is 0.0465. The zero-order chi connectivity index (χ0) is 25.1. The zero-order valence-electron chi connectivity index (χ0n) is 20.3. The Morgan fingerprint density at radius 1 is 0.943 bits per heavy atom. The smallest absolute Gasteiger partial charge is 0.328 e. The maximum Gasteiger partial charge on any atom is 0.328 e. The van der Waals surface area contributed by atoms with Crippen LogP contribution in [-0.4, -0.2) is 35.6 Å². The van der Waals surface area contributed by atoms with E-state index in [0.29, 0.717) is 18.8 Å². The molecule has 0 bridgehead atoms. The molecule has 3 rings (SSSR count). The van der Waals surface area contributed by atoms with E-state index in [0.717, 1.165) is 24.0 Å². The van der Waals surface area contributed by atoms with Crippen LogP contribution in [0.5, 0.6) is 0 Å². The van der Waals surface area contributed by atoms with Crippen LogP contribution in [0.1, 0.15) is 56.6 Å². The third kappa shape index (κ3) is 7.92. The Balaban J connectivity index is 1.61. The van der Waals surface area contributed by atoms with Crippen LogP contribution in [0.3, 0.4) is 0 Å². The van der Waals surface area contributed by atoms with Crippen LogP contribution < -0.4 is 5.32 Å². The van der Waals surface area contributed by atoms with Gasteiger partial charge in [-0.3, -0.25) is 9.59 Å². The van der Waals surface area contributed by atoms with Crippen LogP contribution >= 0.6 is 0 Å². The van der Waals surface area contributed by atoms with Crippen molar-refractivity contribution in [3.8, 4) is 0 Å². The van der Waals surface area contributed by atoms with Crippen LogP contribution in [-0.2, 0) is 37.1 Å². The fourth-order valence-electron chi connectivity index (χ4n) is 4.23. The summed E-state index contributed by atoms with van der Waals surface area (Å²) in [4.78, 5) is 38.5. The number of carbonyl (C=O) groups is 3. The van der Waals surface area contributed by atoms with Gasteiger partial charge >= 0.3 is 11.9 Å². The Bertz CT molecular complexity index is 954. The lowest BCUT2D eigenvalue weighted by Gasteiger charge is -2.37. The van der Waals surface area contributed by atoms with Gasteiger partial charge in [0.05, 0.1) is 12.0 Å². The molecule has 7 nitrogen and oxygen atoms in total. The van der Waals surface area contributed by atoms with Gasteiger partial charge in [-0.1, -0.05) is 67.6 Å². The normalized spacial score (nSPS) is 20.5. The molecule has 1 saturated carbocycles. The predicted octanol–water partition coefficient (Wildman–Crippen LogP) is 3.93. The average Bonchev–Trinajstić information content (AvgIpc) is 2.90. The van der Waals surface area contributed by atoms with Crippen LogP contribution in [0, 0.1) is 11.3 Å². The SMILES string of the molecule is CC1CCC(CO)(C(=O)NC(CCC(=O)OCc2ccccc2)C(=O)OCc2ccccc2)CC1. The monoisotopic (exact) mass is 481 g/mol. The lowest BCUT2D eigenvalue weighted by molar-refractivity contribution is -0.152. The maximum atomic E-state index is 13.2. The van der Waals surface area contributed by atoms with E-state index in [9.17, 15) is 19.5 Å². The fraction of sp³-hybridized carbons (Fsp3) is 0.464. The van der Waals surface area contributed by atoms with Crippen molar-refractivity contribution in [1.82, 2.24) is 5.32 Å². The van der Waals surface area contributed by atoms with Crippen molar-refractivity contribution in [2.24, 2.45) is 11.3 Å². The molecule has 1 fully saturated rings. The van der Waals surface area contributed by atoms with Crippen molar-refractivity contribution in [3.05, 3.63) is 71.8 Å². The average molecular weight is 482 g/mol. The third-order valence-corrected chi connectivity index (χ3v) is 6.71. The summed E-state index contributed by atoms with van der Waals surface area (Å²) in [5.74, 6) is -0.956. The summed E-state index contributed by atoms with van der Waals surface area (Å²) in [6, 6.07) is 17.5. The van der Waals surface area contributed by atoms with Gasteiger partial charge in [0.1, 0.15) is 19.3 Å². The first-order valence-electron chi connectivity index (χ1n) is 12.2. The Hall–Kier alpha value is -3.19. The summed E-state index contributed by atoms with van der Waals surface area (Å²) in [6.07, 6.45) is 2.78. The topological polar surface area (TPSA) is 102 Å². The predicted molar refractivity (Wildman–Crippen MR) is 131 cm³/mol. The molecular weight excluding hydrogens is 446 g/mol. The second-order valence-electron chi connectivity index (χ2n) is 9.43. The number of aliphatic hydroxyl groups is 1. The molecule has 0 radical (unpaired) electrons. The lowest BCUT2D eigenvalue weighted by atomic mass is 9.70. The standard InChI is InChI=1S/C28H35NO6/c1-21-14-16-28(20-30,17-15-21)27(33)29-24(26(32)35-19-23-10-6-3-7-11-23)12-13-25(31)34-18-22-8-4-2-5-9-22/h2-11,21,24,30H,12-20H2,1H3,(H,29,33). The first-order valence-corrected chi connectivity index (χ1v) is 12.2. The number of ether oxygens (including phenoxy) is 2. The van der Waals surface area contributed by atoms with Crippen molar-refractivity contribution in [2.45, 2.75) is 64.7 Å². The van der Waals surface area contributed by atoms with E-state index in [-0.39, 0.29) is 38.6 Å². The first-order chi connectivity index (χ1) is 16.9. The largest absolute Gasteiger partial charge is 0.461 e. The molecule has 2 N–H and O–H groups in total.